The van der Waals surface area contributed by atoms with E-state index >= 15 is 0 Å². The maximum absolute atomic E-state index is 11.7. The number of phosphoric ester groups is 1. The minimum absolute atomic E-state index is 0. The van der Waals surface area contributed by atoms with Crippen LogP contribution >= 0.6 is 7.82 Å². The minimum Gasteiger partial charge on any atom is -0.756 e. The first-order valence-electron chi connectivity index (χ1n) is 7.74. The van der Waals surface area contributed by atoms with Gasteiger partial charge in [0.25, 0.3) is 7.82 Å². The van der Waals surface area contributed by atoms with E-state index in [1.54, 1.807) is 13.8 Å². The van der Waals surface area contributed by atoms with Crippen molar-refractivity contribution in [2.45, 2.75) is 62.5 Å². The quantitative estimate of drug-likeness (QED) is 0.262. The van der Waals surface area contributed by atoms with Gasteiger partial charge >= 0.3 is 11.9 Å². The van der Waals surface area contributed by atoms with Crippen molar-refractivity contribution in [2.75, 3.05) is 47.5 Å². The predicted octanol–water partition coefficient (Wildman–Crippen LogP) is 3.01. The van der Waals surface area contributed by atoms with E-state index in [2.05, 4.69) is 0 Å². The highest BCUT2D eigenvalue weighted by atomic mass is 31.2. The highest BCUT2D eigenvalue weighted by Gasteiger charge is 2.20. The molecule has 174 valence electrons. The molecule has 0 amide bonds. The number of esters is 2. The summed E-state index contributed by atoms with van der Waals surface area (Å²) in [5.41, 5.74) is 0. The molecule has 0 aromatic heterocycles. The first kappa shape index (κ1) is 37.7. The van der Waals surface area contributed by atoms with Gasteiger partial charge in [-0.15, -0.1) is 0 Å². The van der Waals surface area contributed by atoms with Crippen LogP contribution in [0.2, 0.25) is 0 Å². The number of likely N-dealkylation sites (N-methyl/N-ethyl adjacent to an activating group) is 1. The van der Waals surface area contributed by atoms with E-state index in [1.807, 2.05) is 21.1 Å². The molecule has 0 bridgehead atoms. The molecule has 10 heteroatoms. The molecule has 0 N–H and O–H groups in total. The van der Waals surface area contributed by atoms with E-state index in [9.17, 15) is 19.0 Å². The Morgan fingerprint density at radius 1 is 0.929 bits per heavy atom. The van der Waals surface area contributed by atoms with E-state index in [1.165, 1.54) is 0 Å². The molecule has 0 aliphatic carbocycles. The maximum Gasteiger partial charge on any atom is 0.305 e. The van der Waals surface area contributed by atoms with Gasteiger partial charge in [0.05, 0.1) is 27.7 Å². The molecule has 0 aliphatic heterocycles. The third kappa shape index (κ3) is 21.3. The molecular formula is C18H44NO8P. The van der Waals surface area contributed by atoms with Crippen LogP contribution in [0.25, 0.3) is 0 Å². The number of ether oxygens (including phenoxy) is 2. The number of hydrogen-bond donors (Lipinski definition) is 0. The van der Waals surface area contributed by atoms with Gasteiger partial charge in [-0.2, -0.15) is 0 Å². The van der Waals surface area contributed by atoms with Gasteiger partial charge in [-0.3, -0.25) is 14.2 Å². The van der Waals surface area contributed by atoms with Crippen LogP contribution in [0.15, 0.2) is 0 Å². The van der Waals surface area contributed by atoms with E-state index in [-0.39, 0.29) is 55.8 Å². The van der Waals surface area contributed by atoms with Crippen molar-refractivity contribution in [1.29, 1.82) is 0 Å². The van der Waals surface area contributed by atoms with Crippen LogP contribution in [0.3, 0.4) is 0 Å². The van der Waals surface area contributed by atoms with E-state index < -0.39 is 32.5 Å². The van der Waals surface area contributed by atoms with Gasteiger partial charge in [0.1, 0.15) is 19.8 Å². The third-order valence-corrected chi connectivity index (χ3v) is 3.70. The summed E-state index contributed by atoms with van der Waals surface area (Å²) in [6.45, 7) is 2.88. The van der Waals surface area contributed by atoms with Crippen LogP contribution in [-0.4, -0.2) is 70.0 Å². The number of phosphoric acid groups is 1. The van der Waals surface area contributed by atoms with Gasteiger partial charge in [0, 0.05) is 12.8 Å². The molecule has 2 unspecified atom stereocenters. The zero-order valence-corrected chi connectivity index (χ0v) is 15.9. The minimum atomic E-state index is -4.53. The molecule has 0 saturated heterocycles. The molecule has 0 radical (unpaired) electrons. The zero-order chi connectivity index (χ0) is 18.8. The highest BCUT2D eigenvalue weighted by molar-refractivity contribution is 7.45. The van der Waals surface area contributed by atoms with Crippen LogP contribution in [0.1, 0.15) is 56.4 Å². The lowest BCUT2D eigenvalue weighted by molar-refractivity contribution is -0.870. The molecule has 0 saturated carbocycles. The summed E-state index contributed by atoms with van der Waals surface area (Å²) < 4.78 is 31.5. The van der Waals surface area contributed by atoms with Gasteiger partial charge in [-0.25, -0.2) is 0 Å². The van der Waals surface area contributed by atoms with Crippen LogP contribution in [-0.2, 0) is 32.7 Å². The van der Waals surface area contributed by atoms with Gasteiger partial charge in [-0.05, 0) is 0 Å². The zero-order valence-electron chi connectivity index (χ0n) is 15.0. The topological polar surface area (TPSA) is 111 Å². The second kappa shape index (κ2) is 18.1. The van der Waals surface area contributed by atoms with Crippen LogP contribution in [0, 0.1) is 0 Å². The summed E-state index contributed by atoms with van der Waals surface area (Å²) in [7, 11) is 1.14. The lowest BCUT2D eigenvalue weighted by Gasteiger charge is -2.28. The Balaban J connectivity index is -0.000000441. The molecule has 0 aromatic rings. The predicted molar refractivity (Wildman–Crippen MR) is 111 cm³/mol. The smallest absolute Gasteiger partial charge is 0.305 e. The molecule has 0 fully saturated rings. The largest absolute Gasteiger partial charge is 0.756 e. The number of carbonyl (C=O) groups is 2. The average molecular weight is 434 g/mol. The Morgan fingerprint density at radius 2 is 1.43 bits per heavy atom. The van der Waals surface area contributed by atoms with Crippen molar-refractivity contribution in [3.8, 4) is 0 Å². The summed E-state index contributed by atoms with van der Waals surface area (Å²) >= 11 is 0. The second-order valence-corrected chi connectivity index (χ2v) is 7.50. The standard InChI is InChI=1S/C14H28NO8P.4CH4/c1-6-13(16)20-10-12(23-14(17)7-2)11-22-24(18,19)21-9-8-15(3,4)5;;;;/h12H,6-11H2,1-5H3;4*1H4. The average Bonchev–Trinajstić information content (AvgIpc) is 2.47. The molecule has 0 aliphatic rings. The molecule has 0 spiro atoms. The monoisotopic (exact) mass is 433 g/mol. The van der Waals surface area contributed by atoms with Gasteiger partial charge in [0.2, 0.25) is 0 Å². The van der Waals surface area contributed by atoms with E-state index in [4.69, 9.17) is 18.5 Å². The number of carbonyl (C=O) groups excluding carboxylic acids is 2. The van der Waals surface area contributed by atoms with Crippen LogP contribution < -0.4 is 4.89 Å². The summed E-state index contributed by atoms with van der Waals surface area (Å²) in [6, 6.07) is 0. The fraction of sp³-hybridized carbons (Fsp3) is 0.889. The molecule has 9 nitrogen and oxygen atoms in total. The fourth-order valence-electron chi connectivity index (χ4n) is 1.31. The fourth-order valence-corrected chi connectivity index (χ4v) is 2.04. The lowest BCUT2D eigenvalue weighted by Crippen LogP contribution is -2.37. The molecule has 0 aromatic carbocycles. The summed E-state index contributed by atoms with van der Waals surface area (Å²) in [5, 5.41) is 0. The summed E-state index contributed by atoms with van der Waals surface area (Å²) in [5.74, 6) is -1.04. The van der Waals surface area contributed by atoms with E-state index in [0.29, 0.717) is 11.0 Å². The maximum atomic E-state index is 11.7. The Morgan fingerprint density at radius 3 is 1.86 bits per heavy atom. The van der Waals surface area contributed by atoms with Crippen LogP contribution in [0.5, 0.6) is 0 Å². The van der Waals surface area contributed by atoms with Gasteiger partial charge < -0.3 is 27.9 Å². The Bertz CT molecular complexity index is 451. The number of hydrogen-bond acceptors (Lipinski definition) is 8. The second-order valence-electron chi connectivity index (χ2n) is 6.09. The van der Waals surface area contributed by atoms with Gasteiger partial charge in [0.15, 0.2) is 6.10 Å². The molecule has 28 heavy (non-hydrogen) atoms. The van der Waals surface area contributed by atoms with Crippen molar-refractivity contribution in [2.24, 2.45) is 0 Å². The number of quaternary nitrogens is 1. The molecule has 0 rings (SSSR count). The first-order chi connectivity index (χ1) is 11.0. The van der Waals surface area contributed by atoms with Gasteiger partial charge in [-0.1, -0.05) is 43.6 Å². The van der Waals surface area contributed by atoms with Crippen molar-refractivity contribution in [3.63, 3.8) is 0 Å². The van der Waals surface area contributed by atoms with Crippen molar-refractivity contribution >= 4 is 19.8 Å². The van der Waals surface area contributed by atoms with Crippen molar-refractivity contribution in [3.05, 3.63) is 0 Å². The highest BCUT2D eigenvalue weighted by Crippen LogP contribution is 2.38. The third-order valence-electron chi connectivity index (χ3n) is 2.74. The summed E-state index contributed by atoms with van der Waals surface area (Å²) in [4.78, 5) is 34.2. The Kier molecular flexibility index (Phi) is 24.3. The summed E-state index contributed by atoms with van der Waals surface area (Å²) in [6.07, 6.45) is -0.756. The van der Waals surface area contributed by atoms with Crippen molar-refractivity contribution < 1.29 is 42.1 Å². The Labute approximate surface area is 172 Å². The number of nitrogens with zero attached hydrogens (tertiary/aromatic N) is 1. The molecule has 2 atom stereocenters. The molecule has 0 heterocycles. The van der Waals surface area contributed by atoms with Crippen LogP contribution in [0.4, 0.5) is 0 Å². The SMILES string of the molecule is C.C.C.C.CCC(=O)OCC(COP(=O)([O-])OCC[N+](C)(C)C)OC(=O)CC. The van der Waals surface area contributed by atoms with E-state index in [0.717, 1.165) is 0 Å². The van der Waals surface area contributed by atoms with Crippen molar-refractivity contribution in [1.82, 2.24) is 0 Å². The normalized spacial score (nSPS) is 13.2. The number of rotatable bonds is 12. The molecular weight excluding hydrogens is 389 g/mol. The lowest BCUT2D eigenvalue weighted by atomic mass is 10.4. The Hall–Kier alpha value is -0.990. The first-order valence-corrected chi connectivity index (χ1v) is 9.20.